The molecular formula is C9H19NO2. The number of hydrogen-bond donors (Lipinski definition) is 2. The van der Waals surface area contributed by atoms with E-state index >= 15 is 0 Å². The minimum absolute atomic E-state index is 0.481. The van der Waals surface area contributed by atoms with Crippen molar-refractivity contribution in [3.05, 3.63) is 0 Å². The maximum Gasteiger partial charge on any atom is 0.102 e. The van der Waals surface area contributed by atoms with Crippen molar-refractivity contribution in [3.8, 4) is 0 Å². The van der Waals surface area contributed by atoms with Crippen LogP contribution in [0, 0.1) is 0 Å². The third-order valence-corrected chi connectivity index (χ3v) is 2.47. The van der Waals surface area contributed by atoms with Gasteiger partial charge in [0.05, 0.1) is 6.61 Å². The highest BCUT2D eigenvalue weighted by atomic mass is 16.5. The first kappa shape index (κ1) is 9.96. The van der Waals surface area contributed by atoms with E-state index < -0.39 is 5.60 Å². The molecule has 3 heteroatoms. The van der Waals surface area contributed by atoms with Crippen molar-refractivity contribution < 1.29 is 9.84 Å². The number of hydrogen-bond acceptors (Lipinski definition) is 3. The van der Waals surface area contributed by atoms with Crippen molar-refractivity contribution in [2.24, 2.45) is 0 Å². The molecule has 1 heterocycles. The smallest absolute Gasteiger partial charge is 0.102 e. The molecule has 0 aromatic carbocycles. The molecule has 0 saturated carbocycles. The molecule has 72 valence electrons. The molecule has 2 N–H and O–H groups in total. The van der Waals surface area contributed by atoms with Gasteiger partial charge in [-0.2, -0.15) is 0 Å². The molecule has 0 aromatic heterocycles. The SMILES string of the molecule is CCC(C)NCC1(O)CCOC1. The first-order valence-corrected chi connectivity index (χ1v) is 4.70. The summed E-state index contributed by atoms with van der Waals surface area (Å²) in [6.07, 6.45) is 1.85. The molecule has 0 aromatic rings. The van der Waals surface area contributed by atoms with Crippen LogP contribution in [0.4, 0.5) is 0 Å². The van der Waals surface area contributed by atoms with E-state index in [2.05, 4.69) is 19.2 Å². The Balaban J connectivity index is 2.21. The van der Waals surface area contributed by atoms with Gasteiger partial charge in [-0.3, -0.25) is 0 Å². The number of ether oxygens (including phenoxy) is 1. The van der Waals surface area contributed by atoms with Crippen molar-refractivity contribution in [1.82, 2.24) is 5.32 Å². The maximum atomic E-state index is 9.85. The second-order valence-electron chi connectivity index (χ2n) is 3.72. The summed E-state index contributed by atoms with van der Waals surface area (Å²) in [5.74, 6) is 0. The lowest BCUT2D eigenvalue weighted by molar-refractivity contribution is 0.0251. The summed E-state index contributed by atoms with van der Waals surface area (Å²) < 4.78 is 5.14. The van der Waals surface area contributed by atoms with E-state index in [4.69, 9.17) is 4.74 Å². The minimum Gasteiger partial charge on any atom is -0.386 e. The second-order valence-corrected chi connectivity index (χ2v) is 3.72. The van der Waals surface area contributed by atoms with E-state index in [0.717, 1.165) is 12.8 Å². The van der Waals surface area contributed by atoms with Crippen LogP contribution in [0.5, 0.6) is 0 Å². The summed E-state index contributed by atoms with van der Waals surface area (Å²) >= 11 is 0. The van der Waals surface area contributed by atoms with Crippen molar-refractivity contribution in [2.75, 3.05) is 19.8 Å². The molecule has 1 aliphatic rings. The predicted octanol–water partition coefficient (Wildman–Crippen LogP) is 0.526. The van der Waals surface area contributed by atoms with Gasteiger partial charge < -0.3 is 15.2 Å². The Labute approximate surface area is 74.1 Å². The van der Waals surface area contributed by atoms with E-state index in [1.54, 1.807) is 0 Å². The van der Waals surface area contributed by atoms with Crippen LogP contribution in [0.2, 0.25) is 0 Å². The van der Waals surface area contributed by atoms with E-state index in [0.29, 0.717) is 25.8 Å². The Morgan fingerprint density at radius 3 is 2.92 bits per heavy atom. The number of aliphatic hydroxyl groups is 1. The van der Waals surface area contributed by atoms with Gasteiger partial charge in [-0.25, -0.2) is 0 Å². The molecule has 2 atom stereocenters. The molecule has 0 amide bonds. The fourth-order valence-electron chi connectivity index (χ4n) is 1.24. The quantitative estimate of drug-likeness (QED) is 0.651. The van der Waals surface area contributed by atoms with Crippen LogP contribution in [-0.2, 0) is 4.74 Å². The zero-order valence-corrected chi connectivity index (χ0v) is 7.97. The van der Waals surface area contributed by atoms with Gasteiger partial charge in [0, 0.05) is 25.6 Å². The van der Waals surface area contributed by atoms with Gasteiger partial charge in [0.25, 0.3) is 0 Å². The lowest BCUT2D eigenvalue weighted by Gasteiger charge is -2.23. The topological polar surface area (TPSA) is 41.5 Å². The fourth-order valence-corrected chi connectivity index (χ4v) is 1.24. The summed E-state index contributed by atoms with van der Waals surface area (Å²) in [5, 5.41) is 13.1. The summed E-state index contributed by atoms with van der Waals surface area (Å²) in [7, 11) is 0. The molecule has 0 aliphatic carbocycles. The van der Waals surface area contributed by atoms with Gasteiger partial charge in [-0.1, -0.05) is 6.92 Å². The zero-order valence-electron chi connectivity index (χ0n) is 7.97. The Kier molecular flexibility index (Phi) is 3.50. The molecule has 1 rings (SSSR count). The van der Waals surface area contributed by atoms with Crippen LogP contribution < -0.4 is 5.32 Å². The molecule has 0 radical (unpaired) electrons. The van der Waals surface area contributed by atoms with E-state index in [-0.39, 0.29) is 0 Å². The standard InChI is InChI=1S/C9H19NO2/c1-3-8(2)10-6-9(11)4-5-12-7-9/h8,10-11H,3-7H2,1-2H3. The molecule has 1 fully saturated rings. The number of nitrogens with one attached hydrogen (secondary N) is 1. The van der Waals surface area contributed by atoms with Crippen molar-refractivity contribution in [3.63, 3.8) is 0 Å². The Morgan fingerprint density at radius 2 is 2.42 bits per heavy atom. The van der Waals surface area contributed by atoms with Gasteiger partial charge in [-0.15, -0.1) is 0 Å². The average molecular weight is 173 g/mol. The summed E-state index contributed by atoms with van der Waals surface area (Å²) in [6, 6.07) is 0.481. The monoisotopic (exact) mass is 173 g/mol. The fraction of sp³-hybridized carbons (Fsp3) is 1.00. The summed E-state index contributed by atoms with van der Waals surface area (Å²) in [4.78, 5) is 0. The highest BCUT2D eigenvalue weighted by Crippen LogP contribution is 2.17. The van der Waals surface area contributed by atoms with E-state index in [9.17, 15) is 5.11 Å². The molecule has 2 unspecified atom stereocenters. The first-order chi connectivity index (χ1) is 5.66. The molecule has 0 bridgehead atoms. The minimum atomic E-state index is -0.608. The zero-order chi connectivity index (χ0) is 9.03. The van der Waals surface area contributed by atoms with Gasteiger partial charge in [-0.05, 0) is 13.3 Å². The van der Waals surface area contributed by atoms with E-state index in [1.807, 2.05) is 0 Å². The third-order valence-electron chi connectivity index (χ3n) is 2.47. The molecule has 12 heavy (non-hydrogen) atoms. The van der Waals surface area contributed by atoms with Crippen LogP contribution in [0.3, 0.4) is 0 Å². The highest BCUT2D eigenvalue weighted by molar-refractivity contribution is 4.85. The maximum absolute atomic E-state index is 9.85. The van der Waals surface area contributed by atoms with Crippen LogP contribution in [0.25, 0.3) is 0 Å². The van der Waals surface area contributed by atoms with Gasteiger partial charge in [0.2, 0.25) is 0 Å². The number of rotatable bonds is 4. The Morgan fingerprint density at radius 1 is 1.67 bits per heavy atom. The first-order valence-electron chi connectivity index (χ1n) is 4.70. The largest absolute Gasteiger partial charge is 0.386 e. The summed E-state index contributed by atoms with van der Waals surface area (Å²) in [6.45, 7) is 6.09. The van der Waals surface area contributed by atoms with Crippen LogP contribution in [0.1, 0.15) is 26.7 Å². The Bertz CT molecular complexity index is 132. The van der Waals surface area contributed by atoms with E-state index in [1.165, 1.54) is 0 Å². The van der Waals surface area contributed by atoms with Crippen LogP contribution in [-0.4, -0.2) is 36.5 Å². The lowest BCUT2D eigenvalue weighted by Crippen LogP contribution is -2.43. The van der Waals surface area contributed by atoms with Gasteiger partial charge in [0.15, 0.2) is 0 Å². The second kappa shape index (κ2) is 4.21. The van der Waals surface area contributed by atoms with Crippen molar-refractivity contribution in [2.45, 2.75) is 38.3 Å². The van der Waals surface area contributed by atoms with Gasteiger partial charge >= 0.3 is 0 Å². The molecule has 3 nitrogen and oxygen atoms in total. The average Bonchev–Trinajstić information content (AvgIpc) is 2.49. The molecule has 0 spiro atoms. The predicted molar refractivity (Wildman–Crippen MR) is 48.1 cm³/mol. The highest BCUT2D eigenvalue weighted by Gasteiger charge is 2.31. The Hall–Kier alpha value is -0.120. The third kappa shape index (κ3) is 2.73. The molecule has 1 saturated heterocycles. The van der Waals surface area contributed by atoms with Crippen molar-refractivity contribution >= 4 is 0 Å². The van der Waals surface area contributed by atoms with Crippen LogP contribution >= 0.6 is 0 Å². The van der Waals surface area contributed by atoms with Crippen molar-refractivity contribution in [1.29, 1.82) is 0 Å². The van der Waals surface area contributed by atoms with Crippen LogP contribution in [0.15, 0.2) is 0 Å². The molecular weight excluding hydrogens is 154 g/mol. The lowest BCUT2D eigenvalue weighted by atomic mass is 10.0. The molecule has 1 aliphatic heterocycles. The normalized spacial score (nSPS) is 32.2. The summed E-state index contributed by atoms with van der Waals surface area (Å²) in [5.41, 5.74) is -0.608. The van der Waals surface area contributed by atoms with Gasteiger partial charge in [0.1, 0.15) is 5.60 Å².